The minimum absolute atomic E-state index is 0.0866. The Labute approximate surface area is 110 Å². The van der Waals surface area contributed by atoms with Gasteiger partial charge in [0.05, 0.1) is 17.2 Å². The third-order valence-electron chi connectivity index (χ3n) is 3.54. The molecule has 2 atom stereocenters. The lowest BCUT2D eigenvalue weighted by atomic mass is 9.85. The highest BCUT2D eigenvalue weighted by Crippen LogP contribution is 2.38. The average Bonchev–Trinajstić information content (AvgIpc) is 2.39. The Bertz CT molecular complexity index is 476. The Morgan fingerprint density at radius 3 is 2.63 bits per heavy atom. The first-order valence-corrected chi connectivity index (χ1v) is 6.33. The maximum atomic E-state index is 12.7. The molecule has 0 bridgehead atoms. The van der Waals surface area contributed by atoms with E-state index in [9.17, 15) is 13.2 Å². The Kier molecular flexibility index (Phi) is 3.98. The van der Waals surface area contributed by atoms with Crippen LogP contribution in [0, 0.1) is 17.2 Å². The Morgan fingerprint density at radius 2 is 1.95 bits per heavy atom. The number of benzene rings is 1. The quantitative estimate of drug-likeness (QED) is 0.876. The molecule has 0 spiro atoms. The molecule has 1 aromatic rings. The smallest absolute Gasteiger partial charge is 0.381 e. The van der Waals surface area contributed by atoms with Gasteiger partial charge in [0.1, 0.15) is 6.07 Å². The summed E-state index contributed by atoms with van der Waals surface area (Å²) in [7, 11) is 0. The van der Waals surface area contributed by atoms with Crippen LogP contribution in [0.3, 0.4) is 0 Å². The predicted molar refractivity (Wildman–Crippen MR) is 66.6 cm³/mol. The number of rotatable bonds is 2. The van der Waals surface area contributed by atoms with Crippen molar-refractivity contribution in [3.8, 4) is 6.07 Å². The highest BCUT2D eigenvalue weighted by atomic mass is 19.4. The molecule has 5 heteroatoms. The molecule has 1 fully saturated rings. The zero-order valence-corrected chi connectivity index (χ0v) is 10.4. The van der Waals surface area contributed by atoms with Crippen molar-refractivity contribution in [2.24, 2.45) is 5.92 Å². The first kappa shape index (κ1) is 13.7. The van der Waals surface area contributed by atoms with Crippen LogP contribution < -0.4 is 5.32 Å². The lowest BCUT2D eigenvalue weighted by Crippen LogP contribution is -2.34. The Hall–Kier alpha value is -1.70. The van der Waals surface area contributed by atoms with E-state index >= 15 is 0 Å². The number of nitrogens with one attached hydrogen (secondary N) is 1. The van der Waals surface area contributed by atoms with Gasteiger partial charge < -0.3 is 5.32 Å². The van der Waals surface area contributed by atoms with Crippen LogP contribution in [0.15, 0.2) is 24.3 Å². The zero-order chi connectivity index (χ0) is 13.9. The normalized spacial score (nSPS) is 23.7. The van der Waals surface area contributed by atoms with Crippen molar-refractivity contribution in [1.82, 2.24) is 0 Å². The molecule has 0 radical (unpaired) electrons. The molecule has 19 heavy (non-hydrogen) atoms. The molecule has 1 N–H and O–H groups in total. The zero-order valence-electron chi connectivity index (χ0n) is 10.4. The van der Waals surface area contributed by atoms with Crippen LogP contribution in [0.2, 0.25) is 0 Å². The van der Waals surface area contributed by atoms with Gasteiger partial charge in [0.15, 0.2) is 0 Å². The van der Waals surface area contributed by atoms with Gasteiger partial charge in [-0.25, -0.2) is 0 Å². The van der Waals surface area contributed by atoms with Crippen LogP contribution >= 0.6 is 0 Å². The van der Waals surface area contributed by atoms with Gasteiger partial charge in [-0.05, 0) is 31.4 Å². The molecule has 0 amide bonds. The van der Waals surface area contributed by atoms with Gasteiger partial charge >= 0.3 is 6.18 Å². The molecular weight excluding hydrogens is 253 g/mol. The maximum absolute atomic E-state index is 12.7. The van der Waals surface area contributed by atoms with E-state index in [1.165, 1.54) is 0 Å². The third-order valence-corrected chi connectivity index (χ3v) is 3.54. The van der Waals surface area contributed by atoms with Crippen molar-refractivity contribution in [2.45, 2.75) is 37.9 Å². The summed E-state index contributed by atoms with van der Waals surface area (Å²) in [5.74, 6) is -1.23. The highest BCUT2D eigenvalue weighted by Gasteiger charge is 2.42. The topological polar surface area (TPSA) is 35.8 Å². The second-order valence-electron chi connectivity index (χ2n) is 4.90. The summed E-state index contributed by atoms with van der Waals surface area (Å²) in [6.07, 6.45) is -2.54. The molecule has 1 aromatic carbocycles. The number of halogens is 3. The molecule has 2 nitrogen and oxygen atoms in total. The van der Waals surface area contributed by atoms with Crippen LogP contribution in [0.1, 0.15) is 31.2 Å². The molecule has 102 valence electrons. The summed E-state index contributed by atoms with van der Waals surface area (Å²) in [5, 5.41) is 12.0. The molecule has 0 heterocycles. The number of anilines is 1. The second-order valence-corrected chi connectivity index (χ2v) is 4.90. The van der Waals surface area contributed by atoms with Crippen LogP contribution in [-0.2, 0) is 0 Å². The van der Waals surface area contributed by atoms with E-state index in [4.69, 9.17) is 5.26 Å². The van der Waals surface area contributed by atoms with Gasteiger partial charge in [-0.3, -0.25) is 0 Å². The van der Waals surface area contributed by atoms with Crippen molar-refractivity contribution in [3.63, 3.8) is 0 Å². The van der Waals surface area contributed by atoms with E-state index in [0.717, 1.165) is 0 Å². The molecule has 2 rings (SSSR count). The molecule has 0 saturated heterocycles. The van der Waals surface area contributed by atoms with E-state index in [-0.39, 0.29) is 18.9 Å². The summed E-state index contributed by atoms with van der Waals surface area (Å²) < 4.78 is 38.2. The molecule has 1 saturated carbocycles. The minimum atomic E-state index is -4.12. The van der Waals surface area contributed by atoms with Gasteiger partial charge in [-0.15, -0.1) is 0 Å². The van der Waals surface area contributed by atoms with Gasteiger partial charge in [0.2, 0.25) is 0 Å². The monoisotopic (exact) mass is 268 g/mol. The fourth-order valence-corrected chi connectivity index (χ4v) is 2.54. The lowest BCUT2D eigenvalue weighted by Gasteiger charge is -2.31. The average molecular weight is 268 g/mol. The summed E-state index contributed by atoms with van der Waals surface area (Å²) in [4.78, 5) is 0. The Morgan fingerprint density at radius 1 is 1.21 bits per heavy atom. The second kappa shape index (κ2) is 5.52. The van der Waals surface area contributed by atoms with E-state index in [2.05, 4.69) is 5.32 Å². The highest BCUT2D eigenvalue weighted by molar-refractivity contribution is 5.57. The summed E-state index contributed by atoms with van der Waals surface area (Å²) in [5.41, 5.74) is 1.09. The summed E-state index contributed by atoms with van der Waals surface area (Å²) in [6, 6.07) is 8.73. The van der Waals surface area contributed by atoms with Crippen molar-refractivity contribution < 1.29 is 13.2 Å². The predicted octanol–water partition coefficient (Wildman–Crippen LogP) is 4.09. The van der Waals surface area contributed by atoms with E-state index in [1.807, 2.05) is 6.07 Å². The van der Waals surface area contributed by atoms with E-state index in [0.29, 0.717) is 24.1 Å². The third kappa shape index (κ3) is 3.40. The molecule has 1 aliphatic rings. The Balaban J connectivity index is 2.05. The van der Waals surface area contributed by atoms with Crippen LogP contribution in [0.4, 0.5) is 18.9 Å². The molecule has 2 unspecified atom stereocenters. The number of hydrogen-bond donors (Lipinski definition) is 1. The lowest BCUT2D eigenvalue weighted by molar-refractivity contribution is -0.182. The van der Waals surface area contributed by atoms with E-state index < -0.39 is 12.1 Å². The number of nitriles is 1. The first-order valence-electron chi connectivity index (χ1n) is 6.33. The van der Waals surface area contributed by atoms with Gasteiger partial charge in [0, 0.05) is 6.04 Å². The van der Waals surface area contributed by atoms with Crippen LogP contribution in [0.25, 0.3) is 0 Å². The largest absolute Gasteiger partial charge is 0.391 e. The van der Waals surface area contributed by atoms with E-state index in [1.54, 1.807) is 24.3 Å². The number of para-hydroxylation sites is 1. The number of alkyl halides is 3. The van der Waals surface area contributed by atoms with Crippen LogP contribution in [-0.4, -0.2) is 12.2 Å². The van der Waals surface area contributed by atoms with Crippen molar-refractivity contribution >= 4 is 5.69 Å². The molecular formula is C14H15F3N2. The minimum Gasteiger partial charge on any atom is -0.381 e. The van der Waals surface area contributed by atoms with Gasteiger partial charge in [0.25, 0.3) is 0 Å². The van der Waals surface area contributed by atoms with Gasteiger partial charge in [-0.1, -0.05) is 18.6 Å². The van der Waals surface area contributed by atoms with Crippen molar-refractivity contribution in [1.29, 1.82) is 5.26 Å². The van der Waals surface area contributed by atoms with Crippen molar-refractivity contribution in [2.75, 3.05) is 5.32 Å². The summed E-state index contributed by atoms with van der Waals surface area (Å²) in [6.45, 7) is 0. The van der Waals surface area contributed by atoms with Gasteiger partial charge in [-0.2, -0.15) is 18.4 Å². The SMILES string of the molecule is N#Cc1ccccc1NC1CCCC(C(F)(F)F)C1. The molecule has 0 aliphatic heterocycles. The fourth-order valence-electron chi connectivity index (χ4n) is 2.54. The first-order chi connectivity index (χ1) is 9.00. The van der Waals surface area contributed by atoms with Crippen LogP contribution in [0.5, 0.6) is 0 Å². The summed E-state index contributed by atoms with van der Waals surface area (Å²) >= 11 is 0. The number of hydrogen-bond acceptors (Lipinski definition) is 2. The maximum Gasteiger partial charge on any atom is 0.391 e. The number of nitrogens with zero attached hydrogens (tertiary/aromatic N) is 1. The molecule has 0 aromatic heterocycles. The van der Waals surface area contributed by atoms with Crippen molar-refractivity contribution in [3.05, 3.63) is 29.8 Å². The standard InChI is InChI=1S/C14H15F3N2/c15-14(16,17)11-5-3-6-12(8-11)19-13-7-2-1-4-10(13)9-18/h1-2,4,7,11-12,19H,3,5-6,8H2. The molecule has 1 aliphatic carbocycles. The fraction of sp³-hybridized carbons (Fsp3) is 0.500.